The van der Waals surface area contributed by atoms with Crippen LogP contribution in [0, 0.1) is 0 Å². The number of methoxy groups -OCH3 is 1. The lowest BCUT2D eigenvalue weighted by Gasteiger charge is -2.27. The zero-order valence-electron chi connectivity index (χ0n) is 13.0. The monoisotopic (exact) mass is 304 g/mol. The van der Waals surface area contributed by atoms with Crippen LogP contribution >= 0.6 is 0 Å². The minimum absolute atomic E-state index is 0.0161. The fraction of sp³-hybridized carbons (Fsp3) is 0.529. The van der Waals surface area contributed by atoms with Crippen molar-refractivity contribution >= 4 is 12.3 Å². The van der Waals surface area contributed by atoms with Crippen LogP contribution in [0.2, 0.25) is 0 Å². The Kier molecular flexibility index (Phi) is 6.40. The Balaban J connectivity index is 1.76. The van der Waals surface area contributed by atoms with Crippen LogP contribution in [0.5, 0.6) is 0 Å². The number of carbonyl (C=O) groups excluding carboxylic acids is 2. The predicted octanol–water partition coefficient (Wildman–Crippen LogP) is 1.37. The summed E-state index contributed by atoms with van der Waals surface area (Å²) >= 11 is 0. The molecule has 1 fully saturated rings. The Hall–Kier alpha value is -1.88. The molecule has 1 heterocycles. The molecule has 2 rings (SSSR count). The molecule has 2 unspecified atom stereocenters. The van der Waals surface area contributed by atoms with Gasteiger partial charge in [-0.05, 0) is 24.8 Å². The predicted molar refractivity (Wildman–Crippen MR) is 84.4 cm³/mol. The van der Waals surface area contributed by atoms with Crippen molar-refractivity contribution in [2.24, 2.45) is 0 Å². The van der Waals surface area contributed by atoms with Crippen LogP contribution in [-0.4, -0.2) is 49.6 Å². The van der Waals surface area contributed by atoms with Gasteiger partial charge in [0.05, 0.1) is 18.6 Å². The number of amides is 2. The van der Waals surface area contributed by atoms with Gasteiger partial charge in [-0.1, -0.05) is 30.3 Å². The molecule has 0 aromatic heterocycles. The molecular formula is C17H24N2O3. The third-order valence-corrected chi connectivity index (χ3v) is 4.17. The van der Waals surface area contributed by atoms with Crippen molar-refractivity contribution in [3.05, 3.63) is 35.9 Å². The number of carbonyl (C=O) groups is 2. The fourth-order valence-corrected chi connectivity index (χ4v) is 2.97. The first-order chi connectivity index (χ1) is 10.7. The topological polar surface area (TPSA) is 58.6 Å². The first-order valence-corrected chi connectivity index (χ1v) is 7.79. The second kappa shape index (κ2) is 8.54. The Morgan fingerprint density at radius 1 is 1.45 bits per heavy atom. The number of likely N-dealkylation sites (tertiary alicyclic amines) is 1. The highest BCUT2D eigenvalue weighted by atomic mass is 16.5. The molecule has 120 valence electrons. The maximum Gasteiger partial charge on any atom is 0.222 e. The Labute approximate surface area is 131 Å². The molecular weight excluding hydrogens is 280 g/mol. The van der Waals surface area contributed by atoms with Crippen LogP contribution in [0.25, 0.3) is 0 Å². The van der Waals surface area contributed by atoms with Crippen molar-refractivity contribution in [2.45, 2.75) is 37.8 Å². The molecule has 1 aromatic rings. The second-order valence-corrected chi connectivity index (χ2v) is 5.62. The summed E-state index contributed by atoms with van der Waals surface area (Å²) in [5, 5.41) is 2.93. The normalized spacial score (nSPS) is 19.0. The van der Waals surface area contributed by atoms with Crippen LogP contribution in [-0.2, 0) is 20.7 Å². The molecule has 1 aromatic carbocycles. The van der Waals surface area contributed by atoms with Gasteiger partial charge < -0.3 is 15.0 Å². The average Bonchev–Trinajstić information content (AvgIpc) is 3.02. The smallest absolute Gasteiger partial charge is 0.222 e. The Bertz CT molecular complexity index is 478. The highest BCUT2D eigenvalue weighted by molar-refractivity contribution is 5.76. The Morgan fingerprint density at radius 2 is 2.23 bits per heavy atom. The molecule has 5 heteroatoms. The van der Waals surface area contributed by atoms with Crippen molar-refractivity contribution in [2.75, 3.05) is 20.2 Å². The number of benzene rings is 1. The zero-order chi connectivity index (χ0) is 15.8. The number of ether oxygens (including phenoxy) is 1. The third kappa shape index (κ3) is 4.56. The summed E-state index contributed by atoms with van der Waals surface area (Å²) in [6, 6.07) is 10.1. The molecule has 0 spiro atoms. The van der Waals surface area contributed by atoms with E-state index < -0.39 is 0 Å². The molecule has 2 atom stereocenters. The molecule has 22 heavy (non-hydrogen) atoms. The highest BCUT2D eigenvalue weighted by Crippen LogP contribution is 2.21. The van der Waals surface area contributed by atoms with Gasteiger partial charge in [-0.2, -0.15) is 0 Å². The van der Waals surface area contributed by atoms with E-state index in [4.69, 9.17) is 4.74 Å². The van der Waals surface area contributed by atoms with Gasteiger partial charge >= 0.3 is 0 Å². The fourth-order valence-electron chi connectivity index (χ4n) is 2.97. The van der Waals surface area contributed by atoms with E-state index in [1.54, 1.807) is 12.0 Å². The third-order valence-electron chi connectivity index (χ3n) is 4.17. The van der Waals surface area contributed by atoms with Crippen LogP contribution in [0.15, 0.2) is 30.3 Å². The summed E-state index contributed by atoms with van der Waals surface area (Å²) in [4.78, 5) is 24.8. The molecule has 1 saturated heterocycles. The van der Waals surface area contributed by atoms with Gasteiger partial charge in [-0.25, -0.2) is 0 Å². The molecule has 1 N–H and O–H groups in total. The van der Waals surface area contributed by atoms with E-state index in [1.807, 2.05) is 30.3 Å². The summed E-state index contributed by atoms with van der Waals surface area (Å²) < 4.78 is 5.44. The molecule has 2 amide bonds. The Morgan fingerprint density at radius 3 is 2.91 bits per heavy atom. The van der Waals surface area contributed by atoms with Gasteiger partial charge in [-0.3, -0.25) is 9.59 Å². The summed E-state index contributed by atoms with van der Waals surface area (Å²) in [6.45, 7) is 1.37. The van der Waals surface area contributed by atoms with E-state index in [-0.39, 0.29) is 18.1 Å². The van der Waals surface area contributed by atoms with Crippen molar-refractivity contribution in [1.29, 1.82) is 0 Å². The van der Waals surface area contributed by atoms with Crippen LogP contribution in [0.3, 0.4) is 0 Å². The second-order valence-electron chi connectivity index (χ2n) is 5.62. The molecule has 1 aliphatic rings. The number of nitrogens with one attached hydrogen (secondary N) is 1. The summed E-state index contributed by atoms with van der Waals surface area (Å²) in [5.74, 6) is -0.0273. The summed E-state index contributed by atoms with van der Waals surface area (Å²) in [6.07, 6.45) is 3.60. The summed E-state index contributed by atoms with van der Waals surface area (Å²) in [5.41, 5.74) is 1.20. The van der Waals surface area contributed by atoms with E-state index >= 15 is 0 Å². The lowest BCUT2D eigenvalue weighted by molar-refractivity contribution is -0.128. The quantitative estimate of drug-likeness (QED) is 0.738. The van der Waals surface area contributed by atoms with Gasteiger partial charge in [0.2, 0.25) is 12.3 Å². The van der Waals surface area contributed by atoms with Gasteiger partial charge in [0, 0.05) is 20.2 Å². The molecule has 0 radical (unpaired) electrons. The largest absolute Gasteiger partial charge is 0.379 e. The van der Waals surface area contributed by atoms with Crippen LogP contribution in [0.4, 0.5) is 0 Å². The average molecular weight is 304 g/mol. The number of nitrogens with zero attached hydrogens (tertiary/aromatic N) is 1. The van der Waals surface area contributed by atoms with Crippen molar-refractivity contribution < 1.29 is 14.3 Å². The number of hydrogen-bond acceptors (Lipinski definition) is 3. The summed E-state index contributed by atoms with van der Waals surface area (Å²) in [7, 11) is 1.60. The lowest BCUT2D eigenvalue weighted by atomic mass is 10.0. The SMILES string of the molecule is COC(CC(=O)NCCc1ccccc1)C1CCCN1C=O. The highest BCUT2D eigenvalue weighted by Gasteiger charge is 2.32. The standard InChI is InChI=1S/C17H24N2O3/c1-22-16(15-8-5-11-19(15)13-20)12-17(21)18-10-9-14-6-3-2-4-7-14/h2-4,6-7,13,15-16H,5,8-12H2,1H3,(H,18,21). The van der Waals surface area contributed by atoms with Crippen molar-refractivity contribution in [1.82, 2.24) is 10.2 Å². The maximum absolute atomic E-state index is 12.1. The molecule has 0 aliphatic carbocycles. The minimum atomic E-state index is -0.232. The van der Waals surface area contributed by atoms with Crippen LogP contribution in [0.1, 0.15) is 24.8 Å². The van der Waals surface area contributed by atoms with E-state index in [1.165, 1.54) is 5.56 Å². The van der Waals surface area contributed by atoms with Gasteiger partial charge in [0.1, 0.15) is 0 Å². The zero-order valence-corrected chi connectivity index (χ0v) is 13.0. The van der Waals surface area contributed by atoms with Crippen LogP contribution < -0.4 is 5.32 Å². The minimum Gasteiger partial charge on any atom is -0.379 e. The lowest BCUT2D eigenvalue weighted by Crippen LogP contribution is -2.42. The molecule has 5 nitrogen and oxygen atoms in total. The van der Waals surface area contributed by atoms with Gasteiger partial charge in [0.15, 0.2) is 0 Å². The van der Waals surface area contributed by atoms with E-state index in [9.17, 15) is 9.59 Å². The van der Waals surface area contributed by atoms with Crippen molar-refractivity contribution in [3.8, 4) is 0 Å². The number of rotatable bonds is 8. The molecule has 1 aliphatic heterocycles. The van der Waals surface area contributed by atoms with Gasteiger partial charge in [-0.15, -0.1) is 0 Å². The molecule has 0 bridgehead atoms. The van der Waals surface area contributed by atoms with Crippen molar-refractivity contribution in [3.63, 3.8) is 0 Å². The van der Waals surface area contributed by atoms with Gasteiger partial charge in [0.25, 0.3) is 0 Å². The van der Waals surface area contributed by atoms with E-state index in [0.29, 0.717) is 13.0 Å². The first kappa shape index (κ1) is 16.5. The number of hydrogen-bond donors (Lipinski definition) is 1. The first-order valence-electron chi connectivity index (χ1n) is 7.79. The molecule has 0 saturated carbocycles. The maximum atomic E-state index is 12.1. The van der Waals surface area contributed by atoms with E-state index in [2.05, 4.69) is 5.32 Å². The van der Waals surface area contributed by atoms with E-state index in [0.717, 1.165) is 32.2 Å².